The van der Waals surface area contributed by atoms with Crippen molar-refractivity contribution in [2.24, 2.45) is 12.0 Å². The SMILES string of the molecule is Cc1ccc(CN=C(NCCN2CCOCC2)NCc2nnc(C)n2C)cc1F. The van der Waals surface area contributed by atoms with Crippen LogP contribution in [0.3, 0.4) is 0 Å². The van der Waals surface area contributed by atoms with Gasteiger partial charge in [0.1, 0.15) is 11.6 Å². The van der Waals surface area contributed by atoms with Crippen molar-refractivity contribution in [2.45, 2.75) is 26.9 Å². The average Bonchev–Trinajstić information content (AvgIpc) is 3.05. The van der Waals surface area contributed by atoms with Crippen molar-refractivity contribution in [1.82, 2.24) is 30.3 Å². The minimum absolute atomic E-state index is 0.206. The van der Waals surface area contributed by atoms with Crippen molar-refractivity contribution in [1.29, 1.82) is 0 Å². The third-order valence-electron chi connectivity index (χ3n) is 5.08. The molecule has 2 aromatic rings. The number of aryl methyl sites for hydroxylation is 2. The van der Waals surface area contributed by atoms with E-state index in [1.807, 2.05) is 24.6 Å². The van der Waals surface area contributed by atoms with Crippen LogP contribution < -0.4 is 10.6 Å². The van der Waals surface area contributed by atoms with Gasteiger partial charge in [0.25, 0.3) is 0 Å². The zero-order valence-corrected chi connectivity index (χ0v) is 17.4. The van der Waals surface area contributed by atoms with E-state index in [-0.39, 0.29) is 5.82 Å². The number of morpholine rings is 1. The summed E-state index contributed by atoms with van der Waals surface area (Å²) >= 11 is 0. The molecule has 0 aliphatic carbocycles. The first-order chi connectivity index (χ1) is 14.0. The van der Waals surface area contributed by atoms with Crippen LogP contribution in [-0.2, 0) is 24.9 Å². The average molecular weight is 404 g/mol. The standard InChI is InChI=1S/C20H30FN7O/c1-15-4-5-17(12-18(15)21)13-23-20(22-6-7-28-8-10-29-11-9-28)24-14-19-26-25-16(2)27(19)3/h4-5,12H,6-11,13-14H2,1-3H3,(H2,22,23,24). The fourth-order valence-electron chi connectivity index (χ4n) is 3.00. The van der Waals surface area contributed by atoms with Gasteiger partial charge in [-0.3, -0.25) is 4.90 Å². The molecule has 29 heavy (non-hydrogen) atoms. The number of benzene rings is 1. The number of hydrogen-bond donors (Lipinski definition) is 2. The van der Waals surface area contributed by atoms with E-state index in [9.17, 15) is 4.39 Å². The van der Waals surface area contributed by atoms with E-state index in [0.717, 1.165) is 56.6 Å². The molecule has 8 nitrogen and oxygen atoms in total. The molecule has 1 fully saturated rings. The van der Waals surface area contributed by atoms with E-state index in [0.29, 0.717) is 24.6 Å². The summed E-state index contributed by atoms with van der Waals surface area (Å²) in [6.45, 7) is 9.69. The maximum absolute atomic E-state index is 13.8. The number of guanidine groups is 1. The maximum atomic E-state index is 13.8. The number of ether oxygens (including phenoxy) is 1. The van der Waals surface area contributed by atoms with Crippen LogP contribution in [0.1, 0.15) is 22.8 Å². The Morgan fingerprint density at radius 3 is 2.69 bits per heavy atom. The molecule has 1 aliphatic heterocycles. The van der Waals surface area contributed by atoms with E-state index in [1.54, 1.807) is 13.0 Å². The Morgan fingerprint density at radius 1 is 1.21 bits per heavy atom. The van der Waals surface area contributed by atoms with Crippen LogP contribution in [0.4, 0.5) is 4.39 Å². The summed E-state index contributed by atoms with van der Waals surface area (Å²) in [6, 6.07) is 5.22. The highest BCUT2D eigenvalue weighted by Crippen LogP contribution is 2.10. The first-order valence-electron chi connectivity index (χ1n) is 9.95. The van der Waals surface area contributed by atoms with Crippen molar-refractivity contribution in [3.8, 4) is 0 Å². The van der Waals surface area contributed by atoms with Crippen LogP contribution in [0.5, 0.6) is 0 Å². The summed E-state index contributed by atoms with van der Waals surface area (Å²) in [5.74, 6) is 2.14. The molecule has 0 radical (unpaired) electrons. The van der Waals surface area contributed by atoms with Crippen LogP contribution in [-0.4, -0.2) is 65.0 Å². The predicted molar refractivity (Wildman–Crippen MR) is 110 cm³/mol. The fourth-order valence-corrected chi connectivity index (χ4v) is 3.00. The third-order valence-corrected chi connectivity index (χ3v) is 5.08. The van der Waals surface area contributed by atoms with Gasteiger partial charge in [-0.2, -0.15) is 0 Å². The molecule has 1 saturated heterocycles. The number of rotatable bonds is 7. The van der Waals surface area contributed by atoms with Gasteiger partial charge in [0.2, 0.25) is 0 Å². The quantitative estimate of drug-likeness (QED) is 0.533. The molecule has 1 aromatic carbocycles. The summed E-state index contributed by atoms with van der Waals surface area (Å²) < 4.78 is 21.1. The Morgan fingerprint density at radius 2 is 2.00 bits per heavy atom. The molecule has 1 aromatic heterocycles. The number of hydrogen-bond acceptors (Lipinski definition) is 5. The van der Waals surface area contributed by atoms with Gasteiger partial charge in [-0.15, -0.1) is 10.2 Å². The molecule has 0 bridgehead atoms. The van der Waals surface area contributed by atoms with Gasteiger partial charge in [0, 0.05) is 33.2 Å². The van der Waals surface area contributed by atoms with Gasteiger partial charge in [0.05, 0.1) is 26.3 Å². The molecule has 0 amide bonds. The molecule has 2 heterocycles. The second-order valence-corrected chi connectivity index (χ2v) is 7.21. The fraction of sp³-hybridized carbons (Fsp3) is 0.550. The second-order valence-electron chi connectivity index (χ2n) is 7.21. The van der Waals surface area contributed by atoms with Gasteiger partial charge in [0.15, 0.2) is 11.8 Å². The highest BCUT2D eigenvalue weighted by Gasteiger charge is 2.11. The first-order valence-corrected chi connectivity index (χ1v) is 9.95. The molecule has 2 N–H and O–H groups in total. The van der Waals surface area contributed by atoms with E-state index in [4.69, 9.17) is 4.74 Å². The van der Waals surface area contributed by atoms with Crippen molar-refractivity contribution in [2.75, 3.05) is 39.4 Å². The zero-order valence-electron chi connectivity index (χ0n) is 17.4. The summed E-state index contributed by atoms with van der Waals surface area (Å²) in [5, 5.41) is 14.9. The second kappa shape index (κ2) is 10.3. The van der Waals surface area contributed by atoms with Crippen LogP contribution >= 0.6 is 0 Å². The van der Waals surface area contributed by atoms with E-state index < -0.39 is 0 Å². The van der Waals surface area contributed by atoms with Crippen LogP contribution in [0.15, 0.2) is 23.2 Å². The zero-order chi connectivity index (χ0) is 20.6. The summed E-state index contributed by atoms with van der Waals surface area (Å²) in [6.07, 6.45) is 0. The monoisotopic (exact) mass is 403 g/mol. The minimum atomic E-state index is -0.206. The molecular weight excluding hydrogens is 373 g/mol. The molecule has 0 spiro atoms. The van der Waals surface area contributed by atoms with Crippen LogP contribution in [0, 0.1) is 19.7 Å². The number of nitrogens with one attached hydrogen (secondary N) is 2. The maximum Gasteiger partial charge on any atom is 0.192 e. The minimum Gasteiger partial charge on any atom is -0.379 e. The molecule has 1 aliphatic rings. The topological polar surface area (TPSA) is 79.6 Å². The van der Waals surface area contributed by atoms with Crippen molar-refractivity contribution in [3.63, 3.8) is 0 Å². The lowest BCUT2D eigenvalue weighted by Crippen LogP contribution is -2.44. The van der Waals surface area contributed by atoms with E-state index >= 15 is 0 Å². The highest BCUT2D eigenvalue weighted by atomic mass is 19.1. The van der Waals surface area contributed by atoms with Gasteiger partial charge in [-0.1, -0.05) is 12.1 Å². The summed E-state index contributed by atoms with van der Waals surface area (Å²) in [5.41, 5.74) is 1.47. The molecule has 3 rings (SSSR count). The predicted octanol–water partition coefficient (Wildman–Crippen LogP) is 1.14. The summed E-state index contributed by atoms with van der Waals surface area (Å²) in [4.78, 5) is 6.98. The van der Waals surface area contributed by atoms with Crippen molar-refractivity contribution < 1.29 is 9.13 Å². The Bertz CT molecular complexity index is 830. The van der Waals surface area contributed by atoms with Crippen molar-refractivity contribution >= 4 is 5.96 Å². The summed E-state index contributed by atoms with van der Waals surface area (Å²) in [7, 11) is 1.93. The lowest BCUT2D eigenvalue weighted by atomic mass is 10.1. The number of halogens is 1. The van der Waals surface area contributed by atoms with E-state index in [2.05, 4.69) is 30.7 Å². The van der Waals surface area contributed by atoms with Crippen LogP contribution in [0.2, 0.25) is 0 Å². The lowest BCUT2D eigenvalue weighted by molar-refractivity contribution is 0.0389. The Balaban J connectivity index is 1.60. The molecule has 0 atom stereocenters. The molecular formula is C20H30FN7O. The smallest absolute Gasteiger partial charge is 0.192 e. The number of aromatic nitrogens is 3. The largest absolute Gasteiger partial charge is 0.379 e. The molecule has 9 heteroatoms. The Kier molecular flexibility index (Phi) is 7.54. The van der Waals surface area contributed by atoms with Gasteiger partial charge >= 0.3 is 0 Å². The van der Waals surface area contributed by atoms with Gasteiger partial charge in [-0.05, 0) is 31.0 Å². The Hall–Kier alpha value is -2.52. The van der Waals surface area contributed by atoms with E-state index in [1.165, 1.54) is 6.07 Å². The Labute approximate surface area is 171 Å². The molecule has 158 valence electrons. The molecule has 0 saturated carbocycles. The normalized spacial score (nSPS) is 15.5. The van der Waals surface area contributed by atoms with Crippen LogP contribution in [0.25, 0.3) is 0 Å². The number of nitrogens with zero attached hydrogens (tertiary/aromatic N) is 5. The highest BCUT2D eigenvalue weighted by molar-refractivity contribution is 5.79. The lowest BCUT2D eigenvalue weighted by Gasteiger charge is -2.26. The van der Waals surface area contributed by atoms with Gasteiger partial charge in [-0.25, -0.2) is 9.38 Å². The number of aliphatic imine (C=N–C) groups is 1. The molecule has 0 unspecified atom stereocenters. The van der Waals surface area contributed by atoms with Crippen molar-refractivity contribution in [3.05, 3.63) is 46.8 Å². The van der Waals surface area contributed by atoms with Gasteiger partial charge < -0.3 is 19.9 Å². The first kappa shape index (κ1) is 21.2. The third kappa shape index (κ3) is 6.23.